The zero-order valence-corrected chi connectivity index (χ0v) is 9.64. The molecule has 0 unspecified atom stereocenters. The van der Waals surface area contributed by atoms with Crippen LogP contribution in [0, 0.1) is 0 Å². The summed E-state index contributed by atoms with van der Waals surface area (Å²) in [5.74, 6) is 0. The van der Waals surface area contributed by atoms with Gasteiger partial charge in [-0.25, -0.2) is 0 Å². The van der Waals surface area contributed by atoms with Crippen molar-refractivity contribution in [2.75, 3.05) is 12.5 Å². The maximum absolute atomic E-state index is 2.97. The molecule has 5 heteroatoms. The van der Waals surface area contributed by atoms with Crippen LogP contribution in [0.5, 0.6) is 0 Å². The van der Waals surface area contributed by atoms with E-state index in [9.17, 15) is 0 Å². The van der Waals surface area contributed by atoms with Crippen LogP contribution in [0.4, 0.5) is 0 Å². The van der Waals surface area contributed by atoms with Crippen LogP contribution in [-0.2, 0) is 28.4 Å². The van der Waals surface area contributed by atoms with Gasteiger partial charge in [-0.3, -0.25) is 0 Å². The maximum Gasteiger partial charge on any atom is 0 e. The molecule has 56 valence electrons. The standard InChI is InChI=1S/C2H6S.2BrH.2Cu/c1-3-2;;;;/h1-2H3;2*1H;;/q;;;;+2/p-2. The summed E-state index contributed by atoms with van der Waals surface area (Å²) in [4.78, 5) is 0. The second-order valence-electron chi connectivity index (χ2n) is 0.451. The van der Waals surface area contributed by atoms with Crippen LogP contribution in [0.2, 0.25) is 0 Å². The van der Waals surface area contributed by atoms with Crippen LogP contribution >= 0.6 is 40.0 Å². The van der Waals surface area contributed by atoms with E-state index in [1.54, 1.807) is 11.8 Å². The van der Waals surface area contributed by atoms with Crippen molar-refractivity contribution < 1.29 is 28.4 Å². The fourth-order valence-corrected chi connectivity index (χ4v) is 0. The van der Waals surface area contributed by atoms with Gasteiger partial charge < -0.3 is 0 Å². The molecule has 0 saturated carbocycles. The molecule has 0 aliphatic carbocycles. The molecule has 0 aliphatic heterocycles. The molecule has 0 fully saturated rings. The molecule has 0 aromatic heterocycles. The van der Waals surface area contributed by atoms with E-state index in [1.807, 2.05) is 12.5 Å². The molecule has 0 spiro atoms. The number of thioether (sulfide) groups is 1. The largest absolute Gasteiger partial charge is 0 e. The zero-order valence-electron chi connectivity index (χ0n) is 3.77. The minimum atomic E-state index is 0. The van der Waals surface area contributed by atoms with Crippen molar-refractivity contribution in [1.82, 2.24) is 0 Å². The van der Waals surface area contributed by atoms with Gasteiger partial charge in [-0.15, -0.1) is 0 Å². The van der Waals surface area contributed by atoms with Crippen LogP contribution in [0.25, 0.3) is 0 Å². The van der Waals surface area contributed by atoms with Crippen LogP contribution in [0.15, 0.2) is 0 Å². The number of hydrogen-bond donors (Lipinski definition) is 0. The Labute approximate surface area is 80.0 Å². The Kier molecular flexibility index (Phi) is 55.1. The predicted octanol–water partition coefficient (Wildman–Crippen LogP) is 2.67. The Bertz CT molecular complexity index is 15.7. The fourth-order valence-electron chi connectivity index (χ4n) is 0. The van der Waals surface area contributed by atoms with E-state index in [4.69, 9.17) is 0 Å². The van der Waals surface area contributed by atoms with Crippen molar-refractivity contribution in [3.8, 4) is 0 Å². The minimum absolute atomic E-state index is 0. The van der Waals surface area contributed by atoms with Gasteiger partial charge in [-0.05, 0) is 12.5 Å². The van der Waals surface area contributed by atoms with Crippen LogP contribution in [-0.4, -0.2) is 12.5 Å². The van der Waals surface area contributed by atoms with E-state index < -0.39 is 0 Å². The normalized spacial score (nSPS) is 5.71. The van der Waals surface area contributed by atoms with Crippen molar-refractivity contribution in [2.45, 2.75) is 0 Å². The Morgan fingerprint density at radius 1 is 1.29 bits per heavy atom. The van der Waals surface area contributed by atoms with E-state index >= 15 is 0 Å². The Morgan fingerprint density at radius 2 is 1.29 bits per heavy atom. The van der Waals surface area contributed by atoms with E-state index in [2.05, 4.69) is 28.2 Å². The van der Waals surface area contributed by atoms with Gasteiger partial charge in [0, 0.05) is 17.1 Å². The van der Waals surface area contributed by atoms with E-state index in [1.165, 1.54) is 11.3 Å². The zero-order chi connectivity index (χ0) is 5.41. The molecule has 0 amide bonds. The Morgan fingerprint density at radius 3 is 1.29 bits per heavy atom. The molecule has 0 aliphatic rings. The molecule has 0 saturated heterocycles. The summed E-state index contributed by atoms with van der Waals surface area (Å²) < 4.78 is 0. The summed E-state index contributed by atoms with van der Waals surface area (Å²) in [6.45, 7) is 0. The first-order valence-corrected chi connectivity index (χ1v) is 7.33. The first-order chi connectivity index (χ1) is 2.83. The Hall–Kier alpha value is 2.35. The van der Waals surface area contributed by atoms with Crippen LogP contribution in [0.3, 0.4) is 0 Å². The van der Waals surface area contributed by atoms with Crippen molar-refractivity contribution in [2.24, 2.45) is 0 Å². The third-order valence-corrected chi connectivity index (χ3v) is 0. The van der Waals surface area contributed by atoms with Gasteiger partial charge in [-0.1, -0.05) is 0 Å². The monoisotopic (exact) mass is 346 g/mol. The molecular weight excluding hydrogens is 343 g/mol. The van der Waals surface area contributed by atoms with Crippen molar-refractivity contribution in [3.63, 3.8) is 0 Å². The number of halogens is 2. The smallest absolute Gasteiger partial charge is 0 e. The average Bonchev–Trinajstić information content (AvgIpc) is 1.39. The van der Waals surface area contributed by atoms with E-state index in [0.717, 1.165) is 0 Å². The molecule has 7 heavy (non-hydrogen) atoms. The van der Waals surface area contributed by atoms with Gasteiger partial charge in [0.15, 0.2) is 0 Å². The third kappa shape index (κ3) is 61.0. The number of hydrogen-bond acceptors (Lipinski definition) is 1. The van der Waals surface area contributed by atoms with Crippen LogP contribution < -0.4 is 0 Å². The molecule has 0 nitrogen and oxygen atoms in total. The summed E-state index contributed by atoms with van der Waals surface area (Å²) in [5.41, 5.74) is 0. The van der Waals surface area contributed by atoms with Crippen molar-refractivity contribution >= 4 is 40.0 Å². The SMILES string of the molecule is CSC.[Br][Cu][Br].[Cu]. The fraction of sp³-hybridized carbons (Fsp3) is 1.00. The second-order valence-corrected chi connectivity index (χ2v) is 6.02. The van der Waals surface area contributed by atoms with Gasteiger partial charge in [0.05, 0.1) is 0 Å². The molecule has 0 aromatic rings. The van der Waals surface area contributed by atoms with Gasteiger partial charge in [0.2, 0.25) is 0 Å². The van der Waals surface area contributed by atoms with Gasteiger partial charge in [-0.2, -0.15) is 11.8 Å². The Balaban J connectivity index is -0.0000000400. The van der Waals surface area contributed by atoms with Gasteiger partial charge in [0.25, 0.3) is 0 Å². The molecular formula is C2H6Br2Cu2S. The molecule has 0 N–H and O–H groups in total. The summed E-state index contributed by atoms with van der Waals surface area (Å²) in [6, 6.07) is 0. The summed E-state index contributed by atoms with van der Waals surface area (Å²) in [5, 5.41) is 0. The van der Waals surface area contributed by atoms with Crippen molar-refractivity contribution in [3.05, 3.63) is 0 Å². The maximum atomic E-state index is 2.97. The van der Waals surface area contributed by atoms with Crippen LogP contribution in [0.1, 0.15) is 0 Å². The minimum Gasteiger partial charge on any atom is 0 e. The average molecular weight is 349 g/mol. The van der Waals surface area contributed by atoms with Gasteiger partial charge >= 0.3 is 39.6 Å². The molecule has 0 rings (SSSR count). The third-order valence-electron chi connectivity index (χ3n) is 0. The summed E-state index contributed by atoms with van der Waals surface area (Å²) in [7, 11) is 0. The molecule has 0 atom stereocenters. The summed E-state index contributed by atoms with van der Waals surface area (Å²) >= 11 is 9.12. The first-order valence-electron chi connectivity index (χ1n) is 1.04. The van der Waals surface area contributed by atoms with Crippen molar-refractivity contribution in [1.29, 1.82) is 0 Å². The summed E-state index contributed by atoms with van der Waals surface area (Å²) in [6.07, 6.45) is 4.08. The number of rotatable bonds is 0. The van der Waals surface area contributed by atoms with E-state index in [0.29, 0.717) is 0 Å². The molecule has 0 aromatic carbocycles. The predicted molar refractivity (Wildman–Crippen MR) is 37.3 cm³/mol. The molecule has 0 heterocycles. The topological polar surface area (TPSA) is 0 Å². The quantitative estimate of drug-likeness (QED) is 0.606. The first kappa shape index (κ1) is 16.2. The van der Waals surface area contributed by atoms with E-state index in [-0.39, 0.29) is 17.1 Å². The molecule has 0 bridgehead atoms. The second kappa shape index (κ2) is 23.8. The van der Waals surface area contributed by atoms with Gasteiger partial charge in [0.1, 0.15) is 0 Å². The molecule has 1 radical (unpaired) electrons.